The zero-order valence-electron chi connectivity index (χ0n) is 13.4. The first-order chi connectivity index (χ1) is 12.0. The Kier molecular flexibility index (Phi) is 5.02. The summed E-state index contributed by atoms with van der Waals surface area (Å²) in [5, 5.41) is 2.75. The summed E-state index contributed by atoms with van der Waals surface area (Å²) in [6, 6.07) is 8.14. The van der Waals surface area contributed by atoms with Crippen molar-refractivity contribution in [2.24, 2.45) is 5.92 Å². The predicted octanol–water partition coefficient (Wildman–Crippen LogP) is 2.85. The van der Waals surface area contributed by atoms with Crippen LogP contribution in [0, 0.1) is 17.6 Å². The molecule has 7 heteroatoms. The quantitative estimate of drug-likeness (QED) is 0.930. The molecule has 0 atom stereocenters. The summed E-state index contributed by atoms with van der Waals surface area (Å²) in [7, 11) is 0. The average molecular weight is 345 g/mol. The van der Waals surface area contributed by atoms with Gasteiger partial charge in [-0.2, -0.15) is 0 Å². The highest BCUT2D eigenvalue weighted by Gasteiger charge is 2.29. The van der Waals surface area contributed by atoms with Gasteiger partial charge >= 0.3 is 0 Å². The summed E-state index contributed by atoms with van der Waals surface area (Å²) in [5.74, 6) is -1.97. The van der Waals surface area contributed by atoms with E-state index in [-0.39, 0.29) is 17.4 Å². The van der Waals surface area contributed by atoms with Gasteiger partial charge in [-0.3, -0.25) is 9.59 Å². The second kappa shape index (κ2) is 7.38. The smallest absolute Gasteiger partial charge is 0.256 e. The Hall–Kier alpha value is -2.83. The number of anilines is 1. The molecule has 1 aromatic carbocycles. The molecule has 1 aromatic heterocycles. The normalized spacial score (nSPS) is 15.0. The molecule has 25 heavy (non-hydrogen) atoms. The lowest BCUT2D eigenvalue weighted by Crippen LogP contribution is -2.41. The van der Waals surface area contributed by atoms with Crippen LogP contribution in [-0.4, -0.2) is 34.8 Å². The summed E-state index contributed by atoms with van der Waals surface area (Å²) in [6.45, 7) is 0.686. The van der Waals surface area contributed by atoms with Gasteiger partial charge in [0.05, 0.1) is 5.56 Å². The number of hydrogen-bond donors (Lipinski definition) is 1. The third-order valence-electron chi connectivity index (χ3n) is 4.23. The Labute approximate surface area is 143 Å². The number of likely N-dealkylation sites (tertiary alicyclic amines) is 1. The Bertz CT molecular complexity index is 775. The molecule has 2 amide bonds. The van der Waals surface area contributed by atoms with Crippen molar-refractivity contribution in [2.75, 3.05) is 18.4 Å². The van der Waals surface area contributed by atoms with Gasteiger partial charge < -0.3 is 10.2 Å². The van der Waals surface area contributed by atoms with Gasteiger partial charge in [-0.1, -0.05) is 6.07 Å². The van der Waals surface area contributed by atoms with E-state index in [4.69, 9.17) is 0 Å². The van der Waals surface area contributed by atoms with Crippen molar-refractivity contribution >= 4 is 17.6 Å². The fourth-order valence-corrected chi connectivity index (χ4v) is 2.84. The largest absolute Gasteiger partial charge is 0.339 e. The lowest BCUT2D eigenvalue weighted by molar-refractivity contribution is -0.121. The highest BCUT2D eigenvalue weighted by molar-refractivity contribution is 5.95. The molecule has 3 rings (SSSR count). The van der Waals surface area contributed by atoms with Crippen LogP contribution < -0.4 is 5.32 Å². The summed E-state index contributed by atoms with van der Waals surface area (Å²) < 4.78 is 26.7. The minimum absolute atomic E-state index is 0.140. The zero-order valence-corrected chi connectivity index (χ0v) is 13.4. The predicted molar refractivity (Wildman–Crippen MR) is 87.9 cm³/mol. The van der Waals surface area contributed by atoms with Crippen molar-refractivity contribution in [2.45, 2.75) is 12.8 Å². The molecule has 1 aliphatic rings. The number of benzene rings is 1. The van der Waals surface area contributed by atoms with Crippen LogP contribution in [-0.2, 0) is 4.79 Å². The summed E-state index contributed by atoms with van der Waals surface area (Å²) in [5.41, 5.74) is -0.155. The third-order valence-corrected chi connectivity index (χ3v) is 4.23. The van der Waals surface area contributed by atoms with Crippen LogP contribution in [0.4, 0.5) is 14.6 Å². The molecule has 0 unspecified atom stereocenters. The van der Waals surface area contributed by atoms with Crippen molar-refractivity contribution in [3.63, 3.8) is 0 Å². The summed E-state index contributed by atoms with van der Waals surface area (Å²) >= 11 is 0. The van der Waals surface area contributed by atoms with E-state index in [2.05, 4.69) is 10.3 Å². The number of aromatic nitrogens is 1. The molecule has 0 saturated carbocycles. The second-order valence-corrected chi connectivity index (χ2v) is 5.89. The van der Waals surface area contributed by atoms with E-state index in [1.54, 1.807) is 24.4 Å². The molecule has 0 radical (unpaired) electrons. The number of piperidine rings is 1. The van der Waals surface area contributed by atoms with E-state index in [0.29, 0.717) is 37.8 Å². The number of carbonyl (C=O) groups is 2. The lowest BCUT2D eigenvalue weighted by atomic mass is 9.95. The molecule has 1 fully saturated rings. The van der Waals surface area contributed by atoms with Crippen LogP contribution in [0.2, 0.25) is 0 Å². The highest BCUT2D eigenvalue weighted by atomic mass is 19.1. The van der Waals surface area contributed by atoms with Gasteiger partial charge in [-0.05, 0) is 37.1 Å². The molecule has 1 saturated heterocycles. The fourth-order valence-electron chi connectivity index (χ4n) is 2.84. The van der Waals surface area contributed by atoms with Crippen LogP contribution in [0.25, 0.3) is 0 Å². The molecule has 2 aromatic rings. The Balaban J connectivity index is 1.58. The van der Waals surface area contributed by atoms with E-state index in [9.17, 15) is 18.4 Å². The zero-order chi connectivity index (χ0) is 17.8. The first-order valence-electron chi connectivity index (χ1n) is 8.01. The van der Waals surface area contributed by atoms with Crippen molar-refractivity contribution in [1.82, 2.24) is 9.88 Å². The SMILES string of the molecule is O=C(Nc1ccccn1)C1CCN(C(=O)c2ccc(F)cc2F)CC1. The first kappa shape index (κ1) is 17.0. The molecule has 1 aliphatic heterocycles. The Morgan fingerprint density at radius 1 is 1.12 bits per heavy atom. The number of carbonyl (C=O) groups excluding carboxylic acids is 2. The first-order valence-corrected chi connectivity index (χ1v) is 8.01. The van der Waals surface area contributed by atoms with E-state index in [1.807, 2.05) is 0 Å². The summed E-state index contributed by atoms with van der Waals surface area (Å²) in [4.78, 5) is 30.1. The standard InChI is InChI=1S/C18H17F2N3O2/c19-13-4-5-14(15(20)11-13)18(25)23-9-6-12(7-10-23)17(24)22-16-3-1-2-8-21-16/h1-5,8,11-12H,6-7,9-10H2,(H,21,22,24). The molecule has 0 spiro atoms. The number of nitrogens with one attached hydrogen (secondary N) is 1. The number of nitrogens with zero attached hydrogens (tertiary/aromatic N) is 2. The summed E-state index contributed by atoms with van der Waals surface area (Å²) in [6.07, 6.45) is 2.55. The Morgan fingerprint density at radius 2 is 1.88 bits per heavy atom. The van der Waals surface area contributed by atoms with Gasteiger partial charge in [-0.25, -0.2) is 13.8 Å². The van der Waals surface area contributed by atoms with Gasteiger partial charge in [0, 0.05) is 31.3 Å². The number of halogens is 2. The monoisotopic (exact) mass is 345 g/mol. The maximum atomic E-state index is 13.7. The van der Waals surface area contributed by atoms with Crippen molar-refractivity contribution in [3.8, 4) is 0 Å². The second-order valence-electron chi connectivity index (χ2n) is 5.89. The minimum atomic E-state index is -0.875. The highest BCUT2D eigenvalue weighted by Crippen LogP contribution is 2.21. The van der Waals surface area contributed by atoms with E-state index in [1.165, 1.54) is 4.90 Å². The molecular formula is C18H17F2N3O2. The van der Waals surface area contributed by atoms with E-state index < -0.39 is 17.5 Å². The van der Waals surface area contributed by atoms with Crippen molar-refractivity contribution < 1.29 is 18.4 Å². The van der Waals surface area contributed by atoms with Crippen molar-refractivity contribution in [1.29, 1.82) is 0 Å². The van der Waals surface area contributed by atoms with Gasteiger partial charge in [0.1, 0.15) is 17.5 Å². The molecule has 0 bridgehead atoms. The van der Waals surface area contributed by atoms with Crippen LogP contribution in [0.3, 0.4) is 0 Å². The maximum Gasteiger partial charge on any atom is 0.256 e. The minimum Gasteiger partial charge on any atom is -0.339 e. The van der Waals surface area contributed by atoms with E-state index in [0.717, 1.165) is 12.1 Å². The number of rotatable bonds is 3. The number of amides is 2. The fraction of sp³-hybridized carbons (Fsp3) is 0.278. The maximum absolute atomic E-state index is 13.7. The molecule has 5 nitrogen and oxygen atoms in total. The van der Waals surface area contributed by atoms with Crippen molar-refractivity contribution in [3.05, 3.63) is 59.8 Å². The average Bonchev–Trinajstić information content (AvgIpc) is 2.62. The van der Waals surface area contributed by atoms with E-state index >= 15 is 0 Å². The number of hydrogen-bond acceptors (Lipinski definition) is 3. The van der Waals surface area contributed by atoms with Gasteiger partial charge in [0.25, 0.3) is 5.91 Å². The molecule has 2 heterocycles. The van der Waals surface area contributed by atoms with Crippen LogP contribution in [0.5, 0.6) is 0 Å². The molecule has 1 N–H and O–H groups in total. The van der Waals surface area contributed by atoms with Gasteiger partial charge in [0.15, 0.2) is 0 Å². The molecule has 0 aliphatic carbocycles. The van der Waals surface area contributed by atoms with Crippen LogP contribution in [0.15, 0.2) is 42.6 Å². The van der Waals surface area contributed by atoms with Crippen LogP contribution >= 0.6 is 0 Å². The number of pyridine rings is 1. The molecule has 130 valence electrons. The third kappa shape index (κ3) is 3.99. The van der Waals surface area contributed by atoms with Gasteiger partial charge in [0.2, 0.25) is 5.91 Å². The van der Waals surface area contributed by atoms with Gasteiger partial charge in [-0.15, -0.1) is 0 Å². The Morgan fingerprint density at radius 3 is 2.52 bits per heavy atom. The lowest BCUT2D eigenvalue weighted by Gasteiger charge is -2.31. The molecular weight excluding hydrogens is 328 g/mol. The van der Waals surface area contributed by atoms with Crippen LogP contribution in [0.1, 0.15) is 23.2 Å². The topological polar surface area (TPSA) is 62.3 Å².